The maximum absolute atomic E-state index is 9.04. The lowest BCUT2D eigenvalue weighted by Crippen LogP contribution is -2.16. The normalized spacial score (nSPS) is 13.5. The second-order valence-corrected chi connectivity index (χ2v) is 6.04. The quantitative estimate of drug-likeness (QED) is 0.804. The van der Waals surface area contributed by atoms with Gasteiger partial charge in [0, 0.05) is 25.8 Å². The van der Waals surface area contributed by atoms with E-state index in [0.29, 0.717) is 0 Å². The fourth-order valence-corrected chi connectivity index (χ4v) is 3.01. The standard InChI is InChI=1S/C19H24N2O/c1-21-11-9-18-12-17(6-7-19(18)21)13-20-10-8-15-2-4-16(14-22)5-3-15/h2-7,12,20,22H,8-11,13-14H2,1H3. The Morgan fingerprint density at radius 3 is 2.55 bits per heavy atom. The van der Waals surface area contributed by atoms with Gasteiger partial charge in [-0.05, 0) is 47.7 Å². The minimum atomic E-state index is 0.117. The van der Waals surface area contributed by atoms with Crippen LogP contribution in [0.5, 0.6) is 0 Å². The number of rotatable bonds is 6. The van der Waals surface area contributed by atoms with Crippen molar-refractivity contribution in [1.82, 2.24) is 5.32 Å². The van der Waals surface area contributed by atoms with Gasteiger partial charge in [-0.15, -0.1) is 0 Å². The van der Waals surface area contributed by atoms with E-state index in [4.69, 9.17) is 5.11 Å². The predicted molar refractivity (Wildman–Crippen MR) is 91.2 cm³/mol. The number of nitrogens with one attached hydrogen (secondary N) is 1. The van der Waals surface area contributed by atoms with Crippen LogP contribution in [0.3, 0.4) is 0 Å². The van der Waals surface area contributed by atoms with Gasteiger partial charge < -0.3 is 15.3 Å². The minimum Gasteiger partial charge on any atom is -0.392 e. The summed E-state index contributed by atoms with van der Waals surface area (Å²) < 4.78 is 0. The average Bonchev–Trinajstić information content (AvgIpc) is 2.93. The van der Waals surface area contributed by atoms with Gasteiger partial charge in [-0.2, -0.15) is 0 Å². The summed E-state index contributed by atoms with van der Waals surface area (Å²) >= 11 is 0. The molecule has 3 rings (SSSR count). The minimum absolute atomic E-state index is 0.117. The number of aliphatic hydroxyl groups is 1. The number of fused-ring (bicyclic) bond motifs is 1. The molecule has 1 aliphatic heterocycles. The van der Waals surface area contributed by atoms with Crippen molar-refractivity contribution in [2.75, 3.05) is 25.0 Å². The summed E-state index contributed by atoms with van der Waals surface area (Å²) in [4.78, 5) is 2.32. The van der Waals surface area contributed by atoms with Crippen LogP contribution in [0.1, 0.15) is 22.3 Å². The van der Waals surface area contributed by atoms with Crippen molar-refractivity contribution in [3.8, 4) is 0 Å². The third-order valence-electron chi connectivity index (χ3n) is 4.40. The number of likely N-dealkylation sites (N-methyl/N-ethyl adjacent to an activating group) is 1. The van der Waals surface area contributed by atoms with E-state index in [1.165, 1.54) is 22.4 Å². The largest absolute Gasteiger partial charge is 0.392 e. The van der Waals surface area contributed by atoms with Crippen LogP contribution in [0.4, 0.5) is 5.69 Å². The molecule has 2 aromatic rings. The highest BCUT2D eigenvalue weighted by molar-refractivity contribution is 5.58. The molecule has 22 heavy (non-hydrogen) atoms. The van der Waals surface area contributed by atoms with Crippen molar-refractivity contribution in [2.45, 2.75) is 26.0 Å². The maximum Gasteiger partial charge on any atom is 0.0681 e. The summed E-state index contributed by atoms with van der Waals surface area (Å²) in [5.74, 6) is 0. The van der Waals surface area contributed by atoms with Crippen LogP contribution in [0.15, 0.2) is 42.5 Å². The Morgan fingerprint density at radius 1 is 1.05 bits per heavy atom. The molecule has 0 aliphatic carbocycles. The first-order valence-corrected chi connectivity index (χ1v) is 7.98. The summed E-state index contributed by atoms with van der Waals surface area (Å²) in [6, 6.07) is 15.0. The molecule has 116 valence electrons. The molecule has 0 saturated carbocycles. The molecule has 0 amide bonds. The van der Waals surface area contributed by atoms with E-state index < -0.39 is 0 Å². The van der Waals surface area contributed by atoms with Crippen molar-refractivity contribution in [2.24, 2.45) is 0 Å². The van der Waals surface area contributed by atoms with Crippen LogP contribution in [-0.2, 0) is 26.0 Å². The molecule has 1 heterocycles. The van der Waals surface area contributed by atoms with Crippen molar-refractivity contribution >= 4 is 5.69 Å². The van der Waals surface area contributed by atoms with Crippen LogP contribution < -0.4 is 10.2 Å². The van der Waals surface area contributed by atoms with Crippen molar-refractivity contribution in [3.05, 3.63) is 64.7 Å². The Balaban J connectivity index is 1.47. The van der Waals surface area contributed by atoms with Gasteiger partial charge in [-0.1, -0.05) is 36.4 Å². The van der Waals surface area contributed by atoms with Gasteiger partial charge in [-0.25, -0.2) is 0 Å². The molecule has 2 aromatic carbocycles. The molecule has 3 nitrogen and oxygen atoms in total. The first kappa shape index (κ1) is 15.1. The monoisotopic (exact) mass is 296 g/mol. The molecule has 1 aliphatic rings. The lowest BCUT2D eigenvalue weighted by molar-refractivity contribution is 0.282. The number of nitrogens with zero attached hydrogens (tertiary/aromatic N) is 1. The number of anilines is 1. The molecule has 0 atom stereocenters. The smallest absolute Gasteiger partial charge is 0.0681 e. The van der Waals surface area contributed by atoms with Crippen LogP contribution in [0.25, 0.3) is 0 Å². The number of hydrogen-bond donors (Lipinski definition) is 2. The van der Waals surface area contributed by atoms with Crippen LogP contribution in [0, 0.1) is 0 Å². The fraction of sp³-hybridized carbons (Fsp3) is 0.368. The maximum atomic E-state index is 9.04. The fourth-order valence-electron chi connectivity index (χ4n) is 3.01. The van der Waals surface area contributed by atoms with Crippen LogP contribution in [0.2, 0.25) is 0 Å². The molecular formula is C19H24N2O. The van der Waals surface area contributed by atoms with Crippen molar-refractivity contribution in [3.63, 3.8) is 0 Å². The SMILES string of the molecule is CN1CCc2cc(CNCCc3ccc(CO)cc3)ccc21. The highest BCUT2D eigenvalue weighted by Gasteiger charge is 2.15. The summed E-state index contributed by atoms with van der Waals surface area (Å²) in [5, 5.41) is 12.6. The lowest BCUT2D eigenvalue weighted by Gasteiger charge is -2.12. The summed E-state index contributed by atoms with van der Waals surface area (Å²) in [5.41, 5.74) is 6.50. The van der Waals surface area contributed by atoms with Gasteiger partial charge in [0.2, 0.25) is 0 Å². The van der Waals surface area contributed by atoms with Gasteiger partial charge in [0.1, 0.15) is 0 Å². The Morgan fingerprint density at radius 2 is 1.77 bits per heavy atom. The van der Waals surface area contributed by atoms with Gasteiger partial charge in [0.25, 0.3) is 0 Å². The topological polar surface area (TPSA) is 35.5 Å². The predicted octanol–water partition coefficient (Wildman–Crippen LogP) is 2.50. The highest BCUT2D eigenvalue weighted by Crippen LogP contribution is 2.27. The van der Waals surface area contributed by atoms with Crippen molar-refractivity contribution < 1.29 is 5.11 Å². The highest BCUT2D eigenvalue weighted by atomic mass is 16.3. The number of benzene rings is 2. The van der Waals surface area contributed by atoms with Crippen molar-refractivity contribution in [1.29, 1.82) is 0 Å². The zero-order valence-corrected chi connectivity index (χ0v) is 13.2. The third kappa shape index (κ3) is 3.49. The molecule has 3 heteroatoms. The van der Waals surface area contributed by atoms with E-state index in [2.05, 4.69) is 47.6 Å². The summed E-state index contributed by atoms with van der Waals surface area (Å²) in [6.07, 6.45) is 2.18. The number of aliphatic hydroxyl groups excluding tert-OH is 1. The van der Waals surface area contributed by atoms with E-state index in [1.54, 1.807) is 0 Å². The molecule has 0 bridgehead atoms. The molecule has 0 fully saturated rings. The summed E-state index contributed by atoms with van der Waals surface area (Å²) in [7, 11) is 2.16. The molecule has 0 saturated heterocycles. The zero-order valence-electron chi connectivity index (χ0n) is 13.2. The van der Waals surface area contributed by atoms with Crippen LogP contribution >= 0.6 is 0 Å². The molecule has 2 N–H and O–H groups in total. The molecular weight excluding hydrogens is 272 g/mol. The van der Waals surface area contributed by atoms with Gasteiger partial charge in [-0.3, -0.25) is 0 Å². The Labute approximate surface area is 132 Å². The van der Waals surface area contributed by atoms with E-state index in [-0.39, 0.29) is 6.61 Å². The Hall–Kier alpha value is -1.84. The Bertz CT molecular complexity index is 622. The molecule has 0 radical (unpaired) electrons. The zero-order chi connectivity index (χ0) is 15.4. The first-order chi connectivity index (χ1) is 10.8. The average molecular weight is 296 g/mol. The van der Waals surface area contributed by atoms with E-state index in [0.717, 1.165) is 38.0 Å². The second-order valence-electron chi connectivity index (χ2n) is 6.04. The van der Waals surface area contributed by atoms with Gasteiger partial charge in [0.15, 0.2) is 0 Å². The third-order valence-corrected chi connectivity index (χ3v) is 4.40. The van der Waals surface area contributed by atoms with E-state index in [9.17, 15) is 0 Å². The molecule has 0 spiro atoms. The summed E-state index contributed by atoms with van der Waals surface area (Å²) in [6.45, 7) is 3.14. The molecule has 0 unspecified atom stereocenters. The van der Waals surface area contributed by atoms with Gasteiger partial charge >= 0.3 is 0 Å². The lowest BCUT2D eigenvalue weighted by atomic mass is 10.1. The van der Waals surface area contributed by atoms with Crippen LogP contribution in [-0.4, -0.2) is 25.2 Å². The number of hydrogen-bond acceptors (Lipinski definition) is 3. The van der Waals surface area contributed by atoms with E-state index >= 15 is 0 Å². The van der Waals surface area contributed by atoms with E-state index in [1.807, 2.05) is 12.1 Å². The van der Waals surface area contributed by atoms with Gasteiger partial charge in [0.05, 0.1) is 6.61 Å². The Kier molecular flexibility index (Phi) is 4.76. The molecule has 0 aromatic heterocycles. The second kappa shape index (κ2) is 6.95. The first-order valence-electron chi connectivity index (χ1n) is 7.98.